The zero-order valence-corrected chi connectivity index (χ0v) is 21.7. The molecule has 1 rings (SSSR count). The highest BCUT2D eigenvalue weighted by atomic mass is 28.4. The highest BCUT2D eigenvalue weighted by molar-refractivity contribution is 6.62. The van der Waals surface area contributed by atoms with Crippen molar-refractivity contribution in [1.82, 2.24) is 0 Å². The van der Waals surface area contributed by atoms with Gasteiger partial charge in [0.05, 0.1) is 39.6 Å². The molecule has 1 fully saturated rings. The van der Waals surface area contributed by atoms with Gasteiger partial charge in [0.1, 0.15) is 0 Å². The molecule has 186 valence electrons. The van der Waals surface area contributed by atoms with Crippen molar-refractivity contribution in [3.63, 3.8) is 0 Å². The first-order chi connectivity index (χ1) is 15.3. The molecule has 1 saturated carbocycles. The first kappa shape index (κ1) is 29.0. The fraction of sp³-hybridized carbons (Fsp3) is 1.00. The second-order valence-electron chi connectivity index (χ2n) is 8.38. The van der Waals surface area contributed by atoms with Crippen LogP contribution in [-0.2, 0) is 27.5 Å². The largest absolute Gasteiger partial charge is 0.504 e. The van der Waals surface area contributed by atoms with Crippen molar-refractivity contribution in [2.75, 3.05) is 59.5 Å². The van der Waals surface area contributed by atoms with E-state index in [0.717, 1.165) is 71.2 Å². The Labute approximate surface area is 193 Å². The van der Waals surface area contributed by atoms with Crippen LogP contribution in [0.1, 0.15) is 91.4 Å². The van der Waals surface area contributed by atoms with Crippen molar-refractivity contribution in [2.45, 2.75) is 96.9 Å². The van der Waals surface area contributed by atoms with Crippen LogP contribution in [0.4, 0.5) is 0 Å². The number of hydrogen-bond acceptors (Lipinski definition) is 6. The Balaban J connectivity index is 2.63. The molecule has 0 bridgehead atoms. The van der Waals surface area contributed by atoms with Crippen molar-refractivity contribution < 1.29 is 27.5 Å². The zero-order valence-electron chi connectivity index (χ0n) is 20.7. The van der Waals surface area contributed by atoms with Gasteiger partial charge in [0.2, 0.25) is 0 Å². The molecule has 31 heavy (non-hydrogen) atoms. The molecule has 0 N–H and O–H groups in total. The molecule has 0 aromatic heterocycles. The first-order valence-corrected chi connectivity index (χ1v) is 14.7. The summed E-state index contributed by atoms with van der Waals surface area (Å²) in [7, 11) is -2.84. The number of unbranched alkanes of at least 4 members (excludes halogenated alkanes) is 3. The first-order valence-electron chi connectivity index (χ1n) is 12.9. The van der Waals surface area contributed by atoms with Crippen LogP contribution in [-0.4, -0.2) is 68.3 Å². The van der Waals surface area contributed by atoms with Crippen molar-refractivity contribution >= 4 is 8.80 Å². The third-order valence-corrected chi connectivity index (χ3v) is 9.02. The van der Waals surface area contributed by atoms with Gasteiger partial charge in [-0.25, -0.2) is 0 Å². The van der Waals surface area contributed by atoms with Crippen LogP contribution in [0.25, 0.3) is 0 Å². The van der Waals surface area contributed by atoms with Gasteiger partial charge < -0.3 is 27.5 Å². The summed E-state index contributed by atoms with van der Waals surface area (Å²) in [5.41, 5.74) is 0.364. The van der Waals surface area contributed by atoms with E-state index in [1.165, 1.54) is 19.3 Å². The summed E-state index contributed by atoms with van der Waals surface area (Å²) in [6.07, 6.45) is 12.7. The lowest BCUT2D eigenvalue weighted by Gasteiger charge is -2.37. The third kappa shape index (κ3) is 14.0. The summed E-state index contributed by atoms with van der Waals surface area (Å²) in [6.45, 7) is 12.2. The second kappa shape index (κ2) is 20.6. The molecule has 0 aromatic carbocycles. The maximum atomic E-state index is 6.46. The molecule has 7 heteroatoms. The highest BCUT2D eigenvalue weighted by Crippen LogP contribution is 2.39. The van der Waals surface area contributed by atoms with E-state index in [1.807, 2.05) is 0 Å². The van der Waals surface area contributed by atoms with Crippen LogP contribution in [0.5, 0.6) is 0 Å². The Kier molecular flexibility index (Phi) is 19.3. The minimum Gasteiger partial charge on any atom is -0.379 e. The molecule has 0 atom stereocenters. The van der Waals surface area contributed by atoms with Gasteiger partial charge in [-0.1, -0.05) is 59.3 Å². The monoisotopic (exact) mass is 462 g/mol. The van der Waals surface area contributed by atoms with Gasteiger partial charge in [0.25, 0.3) is 0 Å². The maximum absolute atomic E-state index is 6.46. The Morgan fingerprint density at radius 2 is 0.903 bits per heavy atom. The van der Waals surface area contributed by atoms with Crippen LogP contribution in [0.3, 0.4) is 0 Å². The normalized spacial score (nSPS) is 15.6. The smallest absolute Gasteiger partial charge is 0.379 e. The van der Waals surface area contributed by atoms with Gasteiger partial charge in [-0.05, 0) is 32.1 Å². The SMILES string of the molecule is CCCCOCCO[Si](OCCOCCCC)(OCCOCCCC)C1CCCCC1. The fourth-order valence-electron chi connectivity index (χ4n) is 3.71. The van der Waals surface area contributed by atoms with E-state index in [9.17, 15) is 0 Å². The average molecular weight is 463 g/mol. The van der Waals surface area contributed by atoms with Crippen LogP contribution in [0, 0.1) is 0 Å². The summed E-state index contributed by atoms with van der Waals surface area (Å²) in [4.78, 5) is 0. The quantitative estimate of drug-likeness (QED) is 0.151. The Morgan fingerprint density at radius 3 is 1.26 bits per heavy atom. The molecule has 0 spiro atoms. The van der Waals surface area contributed by atoms with Crippen molar-refractivity contribution in [2.24, 2.45) is 0 Å². The minimum absolute atomic E-state index is 0.364. The van der Waals surface area contributed by atoms with Crippen molar-refractivity contribution in [1.29, 1.82) is 0 Å². The molecule has 1 aliphatic carbocycles. The van der Waals surface area contributed by atoms with Gasteiger partial charge in [-0.15, -0.1) is 0 Å². The average Bonchev–Trinajstić information content (AvgIpc) is 2.80. The summed E-state index contributed by atoms with van der Waals surface area (Å²) < 4.78 is 36.6. The lowest BCUT2D eigenvalue weighted by atomic mass is 10.0. The van der Waals surface area contributed by atoms with E-state index in [0.29, 0.717) is 45.2 Å². The van der Waals surface area contributed by atoms with Gasteiger partial charge >= 0.3 is 8.80 Å². The predicted molar refractivity (Wildman–Crippen MR) is 128 cm³/mol. The van der Waals surface area contributed by atoms with E-state index in [4.69, 9.17) is 27.5 Å². The van der Waals surface area contributed by atoms with E-state index in [1.54, 1.807) is 0 Å². The Bertz CT molecular complexity index is 338. The Morgan fingerprint density at radius 1 is 0.516 bits per heavy atom. The van der Waals surface area contributed by atoms with Crippen molar-refractivity contribution in [3.05, 3.63) is 0 Å². The Hall–Kier alpha value is -0.0231. The predicted octanol–water partition coefficient (Wildman–Crippen LogP) is 5.76. The minimum atomic E-state index is -2.84. The van der Waals surface area contributed by atoms with Gasteiger partial charge in [0.15, 0.2) is 0 Å². The molecular weight excluding hydrogens is 412 g/mol. The van der Waals surface area contributed by atoms with E-state index < -0.39 is 8.80 Å². The molecule has 1 aliphatic rings. The summed E-state index contributed by atoms with van der Waals surface area (Å²) >= 11 is 0. The lowest BCUT2D eigenvalue weighted by molar-refractivity contribution is -0.00797. The van der Waals surface area contributed by atoms with Gasteiger partial charge in [-0.3, -0.25) is 0 Å². The molecule has 0 radical (unpaired) electrons. The topological polar surface area (TPSA) is 55.4 Å². The number of rotatable bonds is 22. The van der Waals surface area contributed by atoms with E-state index >= 15 is 0 Å². The highest BCUT2D eigenvalue weighted by Gasteiger charge is 2.49. The molecule has 6 nitrogen and oxygen atoms in total. The van der Waals surface area contributed by atoms with Gasteiger partial charge in [-0.2, -0.15) is 0 Å². The summed E-state index contributed by atoms with van der Waals surface area (Å²) in [5, 5.41) is 0. The zero-order chi connectivity index (χ0) is 22.5. The van der Waals surface area contributed by atoms with Gasteiger partial charge in [0, 0.05) is 25.4 Å². The van der Waals surface area contributed by atoms with Crippen molar-refractivity contribution in [3.8, 4) is 0 Å². The van der Waals surface area contributed by atoms with Crippen LogP contribution >= 0.6 is 0 Å². The molecular formula is C24H50O6Si. The summed E-state index contributed by atoms with van der Waals surface area (Å²) in [5.74, 6) is 0. The van der Waals surface area contributed by atoms with E-state index in [2.05, 4.69) is 20.8 Å². The van der Waals surface area contributed by atoms with Crippen LogP contribution < -0.4 is 0 Å². The molecule has 0 aliphatic heterocycles. The number of ether oxygens (including phenoxy) is 3. The summed E-state index contributed by atoms with van der Waals surface area (Å²) in [6, 6.07) is 0. The second-order valence-corrected chi connectivity index (χ2v) is 11.3. The standard InChI is InChI=1S/C24H50O6Si/c1-4-7-15-25-18-21-28-31(24-13-11-10-12-14-24,29-22-19-26-16-8-5-2)30-23-20-27-17-9-6-3/h24H,4-23H2,1-3H3. The van der Waals surface area contributed by atoms with Crippen LogP contribution in [0.15, 0.2) is 0 Å². The molecule has 0 amide bonds. The third-order valence-electron chi connectivity index (χ3n) is 5.62. The van der Waals surface area contributed by atoms with E-state index in [-0.39, 0.29) is 0 Å². The van der Waals surface area contributed by atoms with Crippen LogP contribution in [0.2, 0.25) is 5.54 Å². The number of hydrogen-bond donors (Lipinski definition) is 0. The fourth-order valence-corrected chi connectivity index (χ4v) is 6.88. The molecule has 0 unspecified atom stereocenters. The molecule has 0 heterocycles. The molecule has 0 aromatic rings. The maximum Gasteiger partial charge on any atom is 0.504 e. The lowest BCUT2D eigenvalue weighted by Crippen LogP contribution is -2.52. The molecule has 0 saturated heterocycles.